The first-order valence-electron chi connectivity index (χ1n) is 9.38. The summed E-state index contributed by atoms with van der Waals surface area (Å²) in [5, 5.41) is 15.0. The average molecular weight is 454 g/mol. The molecule has 0 saturated carbocycles. The Morgan fingerprint density at radius 2 is 1.69 bits per heavy atom. The lowest BCUT2D eigenvalue weighted by molar-refractivity contribution is -0.141. The monoisotopic (exact) mass is 454 g/mol. The van der Waals surface area contributed by atoms with Gasteiger partial charge in [-0.05, 0) is 31.2 Å². The van der Waals surface area contributed by atoms with Gasteiger partial charge in [-0.25, -0.2) is 15.0 Å². The number of pyridine rings is 2. The maximum absolute atomic E-state index is 13.6. The van der Waals surface area contributed by atoms with Crippen LogP contribution in [0.15, 0.2) is 42.6 Å². The lowest BCUT2D eigenvalue weighted by Gasteiger charge is -2.15. The molecule has 0 fully saturated rings. The summed E-state index contributed by atoms with van der Waals surface area (Å²) in [5.74, 6) is -3.00. The first-order valence-corrected chi connectivity index (χ1v) is 9.38. The van der Waals surface area contributed by atoms with E-state index in [2.05, 4.69) is 30.6 Å². The second kappa shape index (κ2) is 8.99. The molecule has 0 amide bonds. The van der Waals surface area contributed by atoms with Crippen molar-refractivity contribution in [3.05, 3.63) is 54.0 Å². The van der Waals surface area contributed by atoms with Gasteiger partial charge >= 0.3 is 6.18 Å². The fourth-order valence-corrected chi connectivity index (χ4v) is 2.61. The number of anilines is 3. The van der Waals surface area contributed by atoms with Crippen molar-refractivity contribution in [2.75, 3.05) is 17.2 Å². The summed E-state index contributed by atoms with van der Waals surface area (Å²) in [4.78, 5) is 15.6. The molecule has 0 radical (unpaired) electrons. The largest absolute Gasteiger partial charge is 0.433 e. The molecule has 32 heavy (non-hydrogen) atoms. The molecule has 3 rings (SSSR count). The Bertz CT molecular complexity index is 1090. The van der Waals surface area contributed by atoms with Crippen LogP contribution >= 0.6 is 0 Å². The molecule has 0 saturated heterocycles. The predicted octanol–water partition coefficient (Wildman–Crippen LogP) is 4.60. The maximum atomic E-state index is 13.6. The molecule has 3 heterocycles. The van der Waals surface area contributed by atoms with Crippen molar-refractivity contribution < 1.29 is 27.1 Å². The second-order valence-corrected chi connectivity index (χ2v) is 7.04. The Morgan fingerprint density at radius 1 is 0.969 bits per heavy atom. The SMILES string of the molecule is CC(CO)Nc1cc(Nc2ccnc(C(C)(F)F)c2)nc(-c2cccc(C(F)(F)F)n2)n1. The number of halogens is 5. The highest BCUT2D eigenvalue weighted by Gasteiger charge is 2.32. The fourth-order valence-electron chi connectivity index (χ4n) is 2.61. The van der Waals surface area contributed by atoms with E-state index in [-0.39, 0.29) is 35.4 Å². The van der Waals surface area contributed by atoms with Crippen molar-refractivity contribution in [2.45, 2.75) is 32.0 Å². The van der Waals surface area contributed by atoms with Gasteiger partial charge < -0.3 is 15.7 Å². The van der Waals surface area contributed by atoms with Crippen LogP contribution < -0.4 is 10.6 Å². The Labute approximate surface area is 179 Å². The van der Waals surface area contributed by atoms with Crippen LogP contribution in [0.1, 0.15) is 25.2 Å². The van der Waals surface area contributed by atoms with Crippen LogP contribution in [0.4, 0.5) is 39.3 Å². The fraction of sp³-hybridized carbons (Fsp3) is 0.300. The van der Waals surface area contributed by atoms with E-state index in [1.165, 1.54) is 30.5 Å². The van der Waals surface area contributed by atoms with Crippen molar-refractivity contribution >= 4 is 17.3 Å². The number of alkyl halides is 5. The van der Waals surface area contributed by atoms with Gasteiger partial charge in [-0.3, -0.25) is 4.98 Å². The molecule has 3 aromatic rings. The lowest BCUT2D eigenvalue weighted by Crippen LogP contribution is -2.20. The topological polar surface area (TPSA) is 95.8 Å². The minimum atomic E-state index is -4.66. The van der Waals surface area contributed by atoms with E-state index in [1.54, 1.807) is 6.92 Å². The normalized spacial score (nSPS) is 13.0. The molecule has 12 heteroatoms. The standard InChI is InChI=1S/C20H19F5N6O/c1-11(10-32)27-16-9-17(28-12-6-7-26-15(8-12)19(2,21)22)31-18(30-16)13-4-3-5-14(29-13)20(23,24)25/h3-9,11,32H,10H2,1-2H3,(H2,26,27,28,30,31). The number of hydrogen-bond donors (Lipinski definition) is 3. The number of nitrogens with zero attached hydrogens (tertiary/aromatic N) is 4. The van der Waals surface area contributed by atoms with Crippen LogP contribution in [0.25, 0.3) is 11.5 Å². The van der Waals surface area contributed by atoms with Crippen LogP contribution in [-0.2, 0) is 12.1 Å². The molecule has 7 nitrogen and oxygen atoms in total. The molecule has 1 atom stereocenters. The van der Waals surface area contributed by atoms with Gasteiger partial charge in [-0.15, -0.1) is 0 Å². The summed E-state index contributed by atoms with van der Waals surface area (Å²) in [6.45, 7) is 2.14. The maximum Gasteiger partial charge on any atom is 0.433 e. The highest BCUT2D eigenvalue weighted by molar-refractivity contribution is 5.64. The quantitative estimate of drug-likeness (QED) is 0.449. The van der Waals surface area contributed by atoms with E-state index < -0.39 is 29.5 Å². The van der Waals surface area contributed by atoms with Crippen molar-refractivity contribution in [2.24, 2.45) is 0 Å². The number of aliphatic hydroxyl groups is 1. The molecule has 0 aliphatic heterocycles. The van der Waals surface area contributed by atoms with E-state index in [0.29, 0.717) is 6.92 Å². The molecule has 0 aliphatic rings. The first kappa shape index (κ1) is 23.3. The number of aliphatic hydroxyl groups excluding tert-OH is 1. The third kappa shape index (κ3) is 5.84. The zero-order valence-electron chi connectivity index (χ0n) is 17.0. The van der Waals surface area contributed by atoms with Gasteiger partial charge in [0.05, 0.1) is 6.61 Å². The summed E-state index contributed by atoms with van der Waals surface area (Å²) in [7, 11) is 0. The third-order valence-electron chi connectivity index (χ3n) is 4.15. The van der Waals surface area contributed by atoms with E-state index in [1.807, 2.05) is 0 Å². The van der Waals surface area contributed by atoms with Crippen LogP contribution in [0, 0.1) is 0 Å². The van der Waals surface area contributed by atoms with Gasteiger partial charge in [-0.1, -0.05) is 6.07 Å². The van der Waals surface area contributed by atoms with Gasteiger partial charge in [0.25, 0.3) is 5.92 Å². The Balaban J connectivity index is 2.03. The van der Waals surface area contributed by atoms with Crippen molar-refractivity contribution in [1.82, 2.24) is 19.9 Å². The summed E-state index contributed by atoms with van der Waals surface area (Å²) in [5.41, 5.74) is -1.49. The number of aromatic nitrogens is 4. The van der Waals surface area contributed by atoms with E-state index >= 15 is 0 Å². The highest BCUT2D eigenvalue weighted by atomic mass is 19.4. The molecule has 0 spiro atoms. The number of nitrogens with one attached hydrogen (secondary N) is 2. The molecular weight excluding hydrogens is 435 g/mol. The molecule has 0 aliphatic carbocycles. The zero-order chi connectivity index (χ0) is 23.5. The Morgan fingerprint density at radius 3 is 2.34 bits per heavy atom. The van der Waals surface area contributed by atoms with Gasteiger partial charge in [0.1, 0.15) is 28.7 Å². The first-order chi connectivity index (χ1) is 15.0. The van der Waals surface area contributed by atoms with E-state index in [0.717, 1.165) is 12.1 Å². The zero-order valence-corrected chi connectivity index (χ0v) is 17.0. The Hall–Kier alpha value is -3.41. The van der Waals surface area contributed by atoms with Crippen LogP contribution in [-0.4, -0.2) is 37.7 Å². The summed E-state index contributed by atoms with van der Waals surface area (Å²) < 4.78 is 66.4. The smallest absolute Gasteiger partial charge is 0.394 e. The lowest BCUT2D eigenvalue weighted by atomic mass is 10.2. The molecule has 3 aromatic heterocycles. The highest BCUT2D eigenvalue weighted by Crippen LogP contribution is 2.30. The molecule has 0 bridgehead atoms. The summed E-state index contributed by atoms with van der Waals surface area (Å²) in [6, 6.07) is 6.88. The number of rotatable bonds is 7. The van der Waals surface area contributed by atoms with E-state index in [9.17, 15) is 27.1 Å². The van der Waals surface area contributed by atoms with Crippen molar-refractivity contribution in [1.29, 1.82) is 0 Å². The minimum absolute atomic E-state index is 0.110. The molecule has 170 valence electrons. The van der Waals surface area contributed by atoms with Crippen molar-refractivity contribution in [3.8, 4) is 11.5 Å². The van der Waals surface area contributed by atoms with Crippen LogP contribution in [0.5, 0.6) is 0 Å². The molecule has 1 unspecified atom stereocenters. The summed E-state index contributed by atoms with van der Waals surface area (Å²) in [6.07, 6.45) is -3.46. The van der Waals surface area contributed by atoms with Crippen LogP contribution in [0.2, 0.25) is 0 Å². The predicted molar refractivity (Wildman–Crippen MR) is 108 cm³/mol. The number of hydrogen-bond acceptors (Lipinski definition) is 7. The van der Waals surface area contributed by atoms with Crippen molar-refractivity contribution in [3.63, 3.8) is 0 Å². The Kier molecular flexibility index (Phi) is 6.53. The summed E-state index contributed by atoms with van der Waals surface area (Å²) >= 11 is 0. The molecular formula is C20H19F5N6O. The minimum Gasteiger partial charge on any atom is -0.394 e. The molecule has 3 N–H and O–H groups in total. The van der Waals surface area contributed by atoms with Gasteiger partial charge in [0, 0.05) is 30.9 Å². The van der Waals surface area contributed by atoms with Gasteiger partial charge in [0.15, 0.2) is 5.82 Å². The van der Waals surface area contributed by atoms with Gasteiger partial charge in [0.2, 0.25) is 0 Å². The third-order valence-corrected chi connectivity index (χ3v) is 4.15. The van der Waals surface area contributed by atoms with E-state index in [4.69, 9.17) is 0 Å². The average Bonchev–Trinajstić information content (AvgIpc) is 2.72. The molecule has 0 aromatic carbocycles. The van der Waals surface area contributed by atoms with Gasteiger partial charge in [-0.2, -0.15) is 22.0 Å². The second-order valence-electron chi connectivity index (χ2n) is 7.04. The van der Waals surface area contributed by atoms with Crippen LogP contribution in [0.3, 0.4) is 0 Å².